The predicted molar refractivity (Wildman–Crippen MR) is 77.5 cm³/mol. The third kappa shape index (κ3) is 3.20. The Morgan fingerprint density at radius 3 is 3.05 bits per heavy atom. The van der Waals surface area contributed by atoms with Crippen LogP contribution in [0.1, 0.15) is 32.5 Å². The summed E-state index contributed by atoms with van der Waals surface area (Å²) in [6.07, 6.45) is 1.58. The number of nitrogens with one attached hydrogen (secondary N) is 2. The first-order valence-electron chi connectivity index (χ1n) is 6.40. The summed E-state index contributed by atoms with van der Waals surface area (Å²) < 4.78 is 0.664. The van der Waals surface area contributed by atoms with E-state index < -0.39 is 0 Å². The number of aromatic nitrogens is 2. The lowest BCUT2D eigenvalue weighted by molar-refractivity contribution is 0.213. The number of aromatic amines is 1. The second kappa shape index (κ2) is 5.81. The van der Waals surface area contributed by atoms with Gasteiger partial charge in [0.2, 0.25) is 0 Å². The zero-order valence-electron chi connectivity index (χ0n) is 11.2. The van der Waals surface area contributed by atoms with Crippen LogP contribution in [0.15, 0.2) is 16.2 Å². The molecule has 104 valence electrons. The van der Waals surface area contributed by atoms with E-state index in [1.165, 1.54) is 11.3 Å². The topological polar surface area (TPSA) is 78.0 Å². The van der Waals surface area contributed by atoms with Crippen LogP contribution in [0.5, 0.6) is 0 Å². The summed E-state index contributed by atoms with van der Waals surface area (Å²) in [6, 6.07) is 1.85. The van der Waals surface area contributed by atoms with Gasteiger partial charge in [-0.2, -0.15) is 0 Å². The van der Waals surface area contributed by atoms with Gasteiger partial charge in [-0.25, -0.2) is 4.98 Å². The van der Waals surface area contributed by atoms with Crippen molar-refractivity contribution in [3.8, 4) is 0 Å². The fraction of sp³-hybridized carbons (Fsp3) is 0.538. The molecule has 0 aliphatic carbocycles. The van der Waals surface area contributed by atoms with Crippen molar-refractivity contribution < 1.29 is 5.11 Å². The van der Waals surface area contributed by atoms with Crippen LogP contribution >= 0.6 is 11.3 Å². The second-order valence-corrected chi connectivity index (χ2v) is 5.81. The molecule has 5 nitrogen and oxygen atoms in total. The number of hydrogen-bond acceptors (Lipinski definition) is 5. The average Bonchev–Trinajstić information content (AvgIpc) is 2.86. The number of aliphatic hydroxyl groups is 1. The van der Waals surface area contributed by atoms with Crippen LogP contribution in [0.4, 0.5) is 0 Å². The van der Waals surface area contributed by atoms with E-state index in [2.05, 4.69) is 29.1 Å². The Bertz CT molecular complexity index is 607. The molecule has 2 aromatic rings. The van der Waals surface area contributed by atoms with E-state index in [1.54, 1.807) is 0 Å². The van der Waals surface area contributed by atoms with Gasteiger partial charge in [0.1, 0.15) is 10.5 Å². The van der Waals surface area contributed by atoms with Crippen molar-refractivity contribution in [2.45, 2.75) is 38.8 Å². The maximum Gasteiger partial charge on any atom is 0.268 e. The summed E-state index contributed by atoms with van der Waals surface area (Å²) in [7, 11) is 0. The number of rotatable bonds is 6. The van der Waals surface area contributed by atoms with Crippen molar-refractivity contribution in [3.05, 3.63) is 27.6 Å². The Morgan fingerprint density at radius 1 is 1.58 bits per heavy atom. The first-order valence-corrected chi connectivity index (χ1v) is 7.28. The van der Waals surface area contributed by atoms with Crippen LogP contribution in [0.2, 0.25) is 0 Å². The van der Waals surface area contributed by atoms with Crippen molar-refractivity contribution in [2.75, 3.05) is 6.61 Å². The molecule has 3 N–H and O–H groups in total. The van der Waals surface area contributed by atoms with Gasteiger partial charge in [0.05, 0.1) is 12.1 Å². The zero-order valence-corrected chi connectivity index (χ0v) is 12.0. The molecule has 0 fully saturated rings. The first kappa shape index (κ1) is 14.2. The number of hydrogen-bond donors (Lipinski definition) is 3. The van der Waals surface area contributed by atoms with Gasteiger partial charge in [0.15, 0.2) is 0 Å². The van der Waals surface area contributed by atoms with Gasteiger partial charge < -0.3 is 15.4 Å². The second-order valence-electron chi connectivity index (χ2n) is 4.89. The van der Waals surface area contributed by atoms with Gasteiger partial charge in [-0.05, 0) is 31.2 Å². The quantitative estimate of drug-likeness (QED) is 0.752. The van der Waals surface area contributed by atoms with Crippen molar-refractivity contribution in [2.24, 2.45) is 0 Å². The minimum absolute atomic E-state index is 0.0860. The van der Waals surface area contributed by atoms with Gasteiger partial charge in [-0.1, -0.05) is 6.92 Å². The molecule has 0 radical (unpaired) electrons. The molecular formula is C13H19N3O2S. The Hall–Kier alpha value is -1.24. The maximum atomic E-state index is 11.8. The minimum atomic E-state index is -0.142. The van der Waals surface area contributed by atoms with Crippen molar-refractivity contribution in [3.63, 3.8) is 0 Å². The molecule has 2 aromatic heterocycles. The molecule has 0 saturated heterocycles. The fourth-order valence-electron chi connectivity index (χ4n) is 1.94. The third-order valence-electron chi connectivity index (χ3n) is 3.49. The Kier molecular flexibility index (Phi) is 4.34. The summed E-state index contributed by atoms with van der Waals surface area (Å²) in [6.45, 7) is 4.77. The number of aliphatic hydroxyl groups excluding tert-OH is 1. The largest absolute Gasteiger partial charge is 0.396 e. The molecule has 0 aromatic carbocycles. The zero-order chi connectivity index (χ0) is 13.9. The molecular weight excluding hydrogens is 262 g/mol. The van der Waals surface area contributed by atoms with Crippen LogP contribution in [-0.4, -0.2) is 27.2 Å². The molecule has 1 atom stereocenters. The van der Waals surface area contributed by atoms with E-state index >= 15 is 0 Å². The molecule has 19 heavy (non-hydrogen) atoms. The van der Waals surface area contributed by atoms with Gasteiger partial charge in [0.25, 0.3) is 5.56 Å². The van der Waals surface area contributed by atoms with Crippen LogP contribution < -0.4 is 10.9 Å². The van der Waals surface area contributed by atoms with Crippen LogP contribution in [0, 0.1) is 0 Å². The molecule has 2 heterocycles. The highest BCUT2D eigenvalue weighted by atomic mass is 32.1. The molecule has 0 saturated carbocycles. The lowest BCUT2D eigenvalue weighted by atomic mass is 9.95. The summed E-state index contributed by atoms with van der Waals surface area (Å²) in [5, 5.41) is 14.3. The standard InChI is InChI=1S/C13H19N3O2S/c1-3-13(2,5-6-17)14-8-10-15-9-4-7-19-11(9)12(18)16-10/h4,7,14,17H,3,5-6,8H2,1-2H3,(H,15,16,18). The summed E-state index contributed by atoms with van der Waals surface area (Å²) in [5.74, 6) is 0.633. The minimum Gasteiger partial charge on any atom is -0.396 e. The molecule has 6 heteroatoms. The maximum absolute atomic E-state index is 11.8. The Morgan fingerprint density at radius 2 is 2.37 bits per heavy atom. The van der Waals surface area contributed by atoms with Crippen LogP contribution in [-0.2, 0) is 6.54 Å². The molecule has 0 bridgehead atoms. The monoisotopic (exact) mass is 281 g/mol. The molecule has 2 rings (SSSR count). The highest BCUT2D eigenvalue weighted by Crippen LogP contribution is 2.16. The average molecular weight is 281 g/mol. The smallest absolute Gasteiger partial charge is 0.268 e. The van der Waals surface area contributed by atoms with Crippen molar-refractivity contribution in [1.29, 1.82) is 0 Å². The summed E-state index contributed by atoms with van der Waals surface area (Å²) >= 11 is 1.40. The van der Waals surface area contributed by atoms with Gasteiger partial charge in [-0.15, -0.1) is 11.3 Å². The van der Waals surface area contributed by atoms with Gasteiger partial charge in [-0.3, -0.25) is 4.79 Å². The SMILES string of the molecule is CCC(C)(CCO)NCc1nc2ccsc2c(=O)[nH]1. The van der Waals surface area contributed by atoms with Crippen molar-refractivity contribution in [1.82, 2.24) is 15.3 Å². The first-order chi connectivity index (χ1) is 9.08. The van der Waals surface area contributed by atoms with E-state index in [9.17, 15) is 4.79 Å². The fourth-order valence-corrected chi connectivity index (χ4v) is 2.66. The van der Waals surface area contributed by atoms with Crippen molar-refractivity contribution >= 4 is 21.6 Å². The van der Waals surface area contributed by atoms with E-state index in [-0.39, 0.29) is 17.7 Å². The highest BCUT2D eigenvalue weighted by molar-refractivity contribution is 7.17. The highest BCUT2D eigenvalue weighted by Gasteiger charge is 2.20. The normalized spacial score (nSPS) is 14.7. The van der Waals surface area contributed by atoms with E-state index in [0.717, 1.165) is 11.9 Å². The van der Waals surface area contributed by atoms with Gasteiger partial charge >= 0.3 is 0 Å². The third-order valence-corrected chi connectivity index (χ3v) is 4.39. The molecule has 0 aliphatic rings. The summed E-state index contributed by atoms with van der Waals surface area (Å²) in [4.78, 5) is 19.0. The van der Waals surface area contributed by atoms with E-state index in [1.807, 2.05) is 11.4 Å². The van der Waals surface area contributed by atoms with E-state index in [4.69, 9.17) is 5.11 Å². The number of fused-ring (bicyclic) bond motifs is 1. The van der Waals surface area contributed by atoms with Gasteiger partial charge in [0, 0.05) is 12.1 Å². The van der Waals surface area contributed by atoms with E-state index in [0.29, 0.717) is 23.5 Å². The lowest BCUT2D eigenvalue weighted by Crippen LogP contribution is -2.42. The number of nitrogens with zero attached hydrogens (tertiary/aromatic N) is 1. The Labute approximate surface area is 115 Å². The number of thiophene rings is 1. The lowest BCUT2D eigenvalue weighted by Gasteiger charge is -2.28. The Balaban J connectivity index is 2.15. The van der Waals surface area contributed by atoms with Crippen LogP contribution in [0.25, 0.3) is 10.2 Å². The molecule has 0 spiro atoms. The van der Waals surface area contributed by atoms with Crippen LogP contribution in [0.3, 0.4) is 0 Å². The predicted octanol–water partition coefficient (Wildman–Crippen LogP) is 1.63. The molecule has 1 unspecified atom stereocenters. The molecule has 0 amide bonds. The molecule has 0 aliphatic heterocycles. The number of H-pyrrole nitrogens is 1. The summed E-state index contributed by atoms with van der Waals surface area (Å²) in [5.41, 5.74) is 0.514.